The second kappa shape index (κ2) is 5.95. The molecular formula is C14H21N3O2S. The van der Waals surface area contributed by atoms with Gasteiger partial charge in [0.05, 0.1) is 7.12 Å². The zero-order valence-corrected chi connectivity index (χ0v) is 10.8. The third-order valence-electron chi connectivity index (χ3n) is 2.40. The van der Waals surface area contributed by atoms with Crippen LogP contribution in [0.25, 0.3) is 10.9 Å². The molecule has 0 unspecified atom stereocenters. The van der Waals surface area contributed by atoms with Crippen LogP contribution in [0.15, 0.2) is 24.4 Å². The lowest BCUT2D eigenvalue weighted by atomic mass is 10.1. The molecule has 5 nitrogen and oxygen atoms in total. The van der Waals surface area contributed by atoms with Crippen LogP contribution >= 0.6 is 0 Å². The minimum absolute atomic E-state index is 0.226. The molecule has 0 atom stereocenters. The van der Waals surface area contributed by atoms with Crippen LogP contribution in [0.4, 0.5) is 0 Å². The highest BCUT2D eigenvalue weighted by molar-refractivity contribution is 7.88. The maximum atomic E-state index is 12.3. The Bertz CT molecular complexity index is 1230. The van der Waals surface area contributed by atoms with Crippen LogP contribution in [0.3, 0.4) is 0 Å². The van der Waals surface area contributed by atoms with Gasteiger partial charge in [-0.05, 0) is 50.6 Å². The highest BCUT2D eigenvalue weighted by Gasteiger charge is 2.11. The molecule has 0 spiro atoms. The molecule has 0 aliphatic carbocycles. The van der Waals surface area contributed by atoms with Crippen LogP contribution in [0.5, 0.6) is 0 Å². The highest BCUT2D eigenvalue weighted by atomic mass is 32.2. The van der Waals surface area contributed by atoms with E-state index in [0.29, 0.717) is 4.98 Å². The van der Waals surface area contributed by atoms with Gasteiger partial charge in [-0.3, -0.25) is 0 Å². The minimum atomic E-state index is -4.76. The molecule has 0 amide bonds. The van der Waals surface area contributed by atoms with Crippen molar-refractivity contribution in [2.45, 2.75) is 12.1 Å². The van der Waals surface area contributed by atoms with E-state index in [1.807, 2.05) is 0 Å². The first-order valence-corrected chi connectivity index (χ1v) is 6.85. The molecule has 1 heterocycles. The van der Waals surface area contributed by atoms with Gasteiger partial charge in [-0.1, -0.05) is 6.07 Å². The van der Waals surface area contributed by atoms with Crippen LogP contribution in [0, 0.1) is 0 Å². The van der Waals surface area contributed by atoms with Crippen molar-refractivity contribution in [1.82, 2.24) is 14.6 Å². The fraction of sp³-hybridized carbons (Fsp3) is 0.429. The van der Waals surface area contributed by atoms with E-state index >= 15 is 0 Å². The zero-order valence-electron chi connectivity index (χ0n) is 26.0. The maximum absolute atomic E-state index is 12.3. The van der Waals surface area contributed by atoms with E-state index in [2.05, 4.69) is 0 Å². The summed E-state index contributed by atoms with van der Waals surface area (Å²) < 4.78 is 147. The first kappa shape index (κ1) is 4.56. The molecule has 0 aliphatic heterocycles. The van der Waals surface area contributed by atoms with Crippen molar-refractivity contribution in [1.29, 1.82) is 0 Å². The molecule has 6 heteroatoms. The Balaban J connectivity index is 2.78. The van der Waals surface area contributed by atoms with Gasteiger partial charge in [0.25, 0.3) is 0 Å². The number of aromatic nitrogens is 1. The SMILES string of the molecule is [2H]c1c(C([2H])([2H])C([2H])([2H])N(C([2H])([2H])[2H])C([2H])([2H])[2H])c2cc(CS(=O)(=O)N([2H])C([2H])([2H])[2H])ccc2n1[2H]. The number of aryl methyl sites for hydroxylation is 1. The van der Waals surface area contributed by atoms with Gasteiger partial charge in [-0.25, -0.2) is 13.1 Å². The van der Waals surface area contributed by atoms with Gasteiger partial charge in [0.2, 0.25) is 10.0 Å². The zero-order chi connectivity index (χ0) is 28.4. The van der Waals surface area contributed by atoms with E-state index < -0.39 is 76.3 Å². The third-order valence-corrected chi connectivity index (χ3v) is 3.38. The van der Waals surface area contributed by atoms with Crippen LogP contribution in [0.2, 0.25) is 2.82 Å². The Morgan fingerprint density at radius 1 is 1.60 bits per heavy atom. The number of benzene rings is 1. The summed E-state index contributed by atoms with van der Waals surface area (Å²) in [5.74, 6) is -1.08. The number of nitrogens with zero attached hydrogens (tertiary/aromatic N) is 1. The molecule has 1 aromatic carbocycles. The summed E-state index contributed by atoms with van der Waals surface area (Å²) in [6.07, 6.45) is -4.53. The van der Waals surface area contributed by atoms with Crippen molar-refractivity contribution < 1.29 is 30.4 Å². The molecule has 0 saturated heterocycles. The summed E-state index contributed by atoms with van der Waals surface area (Å²) in [5.41, 5.74) is -1.40. The van der Waals surface area contributed by atoms with Gasteiger partial charge >= 0.3 is 0 Å². The average molecular weight is 312 g/mol. The molecule has 1 aromatic heterocycles. The molecule has 110 valence electrons. The minimum Gasteiger partial charge on any atom is -0.361 e. The topological polar surface area (TPSA) is 65.2 Å². The Labute approximate surface area is 142 Å². The summed E-state index contributed by atoms with van der Waals surface area (Å²) >= 11 is 0. The molecule has 0 aliphatic rings. The van der Waals surface area contributed by atoms with Crippen LogP contribution < -0.4 is 4.72 Å². The Morgan fingerprint density at radius 3 is 3.20 bits per heavy atom. The molecule has 20 heavy (non-hydrogen) atoms. The first-order chi connectivity index (χ1) is 15.8. The van der Waals surface area contributed by atoms with Crippen LogP contribution in [0.1, 0.15) is 30.3 Å². The van der Waals surface area contributed by atoms with Crippen molar-refractivity contribution in [2.24, 2.45) is 0 Å². The first-order valence-electron chi connectivity index (χ1n) is 13.1. The van der Waals surface area contributed by atoms with E-state index in [0.717, 1.165) is 18.2 Å². The number of fused-ring (bicyclic) bond motifs is 1. The number of nitrogens with one attached hydrogen (secondary N) is 2. The van der Waals surface area contributed by atoms with Gasteiger partial charge in [0.1, 0.15) is 1.41 Å². The highest BCUT2D eigenvalue weighted by Crippen LogP contribution is 2.21. The Hall–Kier alpha value is -1.37. The average Bonchev–Trinajstić information content (AvgIpc) is 2.87. The summed E-state index contributed by atoms with van der Waals surface area (Å²) in [6.45, 7) is -14.4. The van der Waals surface area contributed by atoms with E-state index in [1.165, 1.54) is 0 Å². The maximum Gasteiger partial charge on any atom is 0.215 e. The number of hydrogen-bond donors (Lipinski definition) is 2. The Kier molecular flexibility index (Phi) is 1.36. The lowest BCUT2D eigenvalue weighted by molar-refractivity contribution is 0.414. The normalized spacial score (nSPS) is 27.7. The number of sulfonamides is 1. The van der Waals surface area contributed by atoms with Crippen LogP contribution in [-0.2, 0) is 22.1 Å². The van der Waals surface area contributed by atoms with Crippen LogP contribution in [-0.4, -0.2) is 45.7 Å². The largest absolute Gasteiger partial charge is 0.361 e. The predicted molar refractivity (Wildman–Crippen MR) is 82.2 cm³/mol. The van der Waals surface area contributed by atoms with E-state index in [-0.39, 0.29) is 11.1 Å². The summed E-state index contributed by atoms with van der Waals surface area (Å²) in [4.78, 5) is -0.284. The predicted octanol–water partition coefficient (Wildman–Crippen LogP) is 1.32. The van der Waals surface area contributed by atoms with E-state index in [1.54, 1.807) is 0 Å². The van der Waals surface area contributed by atoms with Gasteiger partial charge in [-0.15, -0.1) is 0 Å². The molecule has 0 bridgehead atoms. The summed E-state index contributed by atoms with van der Waals surface area (Å²) in [7, 11) is -4.76. The molecular weight excluding hydrogens is 274 g/mol. The molecule has 0 saturated carbocycles. The molecule has 0 radical (unpaired) electrons. The van der Waals surface area contributed by atoms with Gasteiger partial charge < -0.3 is 9.88 Å². The third kappa shape index (κ3) is 3.59. The van der Waals surface area contributed by atoms with E-state index in [4.69, 9.17) is 22.0 Å². The number of rotatable bonds is 6. The van der Waals surface area contributed by atoms with Gasteiger partial charge in [-0.2, -0.15) is 0 Å². The monoisotopic (exact) mass is 311 g/mol. The quantitative estimate of drug-likeness (QED) is 0.845. The second-order valence-corrected chi connectivity index (χ2v) is 5.47. The second-order valence-electron chi connectivity index (χ2n) is 3.84. The number of aromatic amines is 1. The number of likely N-dealkylation sites (N-methyl/N-ethyl adjacent to an activating group) is 1. The van der Waals surface area contributed by atoms with Crippen molar-refractivity contribution in [3.63, 3.8) is 0 Å². The van der Waals surface area contributed by atoms with E-state index in [9.17, 15) is 8.42 Å². The van der Waals surface area contributed by atoms with Crippen molar-refractivity contribution in [2.75, 3.05) is 27.4 Å². The van der Waals surface area contributed by atoms with Crippen molar-refractivity contribution in [3.05, 3.63) is 35.5 Å². The van der Waals surface area contributed by atoms with Crippen molar-refractivity contribution >= 4 is 20.9 Å². The fourth-order valence-electron chi connectivity index (χ4n) is 1.60. The van der Waals surface area contributed by atoms with Gasteiger partial charge in [0.15, 0.2) is 1.41 Å². The smallest absolute Gasteiger partial charge is 0.215 e. The Morgan fingerprint density at radius 2 is 2.45 bits per heavy atom. The summed E-state index contributed by atoms with van der Waals surface area (Å²) in [6, 6.07) is 3.08. The lowest BCUT2D eigenvalue weighted by Gasteiger charge is -2.08. The lowest BCUT2D eigenvalue weighted by Crippen LogP contribution is -2.20. The molecule has 2 N–H and O–H groups in total. The fourth-order valence-corrected chi connectivity index (χ4v) is 2.26. The van der Waals surface area contributed by atoms with Crippen molar-refractivity contribution in [3.8, 4) is 0 Å². The molecule has 2 rings (SSSR count). The number of H-pyrrole nitrogens is 1. The number of hydrogen-bond acceptors (Lipinski definition) is 3. The molecule has 0 fully saturated rings. The van der Waals surface area contributed by atoms with Gasteiger partial charge in [0, 0.05) is 41.4 Å². The molecule has 2 aromatic rings. The standard InChI is InChI=1S/C14H21N3O2S/c1-15-20(18,19)10-11-4-5-14-13(8-11)12(9-16-14)6-7-17(2)3/h4-5,8-9,15-16H,6-7,10H2,1-3H3/i1D3,2D3,3D3,6D2,7D2,9D/hD2. The summed E-state index contributed by atoms with van der Waals surface area (Å²) in [5, 5.41) is -0.418.